The van der Waals surface area contributed by atoms with Gasteiger partial charge in [0.2, 0.25) is 5.88 Å². The summed E-state index contributed by atoms with van der Waals surface area (Å²) in [6.45, 7) is 2.50. The van der Waals surface area contributed by atoms with Crippen LogP contribution in [-0.2, 0) is 4.79 Å². The van der Waals surface area contributed by atoms with Crippen LogP contribution in [-0.4, -0.2) is 45.5 Å². The summed E-state index contributed by atoms with van der Waals surface area (Å²) in [7, 11) is 0. The molecule has 0 atom stereocenters. The van der Waals surface area contributed by atoms with Gasteiger partial charge >= 0.3 is 0 Å². The van der Waals surface area contributed by atoms with Crippen molar-refractivity contribution in [1.82, 2.24) is 25.1 Å². The summed E-state index contributed by atoms with van der Waals surface area (Å²) in [5, 5.41) is 15.5. The van der Waals surface area contributed by atoms with Gasteiger partial charge in [-0.2, -0.15) is 4.52 Å². The van der Waals surface area contributed by atoms with Gasteiger partial charge in [0.15, 0.2) is 18.1 Å². The minimum atomic E-state index is -0.213. The fourth-order valence-electron chi connectivity index (χ4n) is 2.88. The SMILES string of the molecule is Cc1ccccc1OCC(=O)NCCOc1ccc2nnc(-c3ccccc3)n2n1. The van der Waals surface area contributed by atoms with Crippen LogP contribution in [0.15, 0.2) is 66.7 Å². The standard InChI is InChI=1S/C22H21N5O3/c1-16-7-5-6-10-18(16)30-15-20(28)23-13-14-29-21-12-11-19-24-25-22(27(19)26-21)17-8-3-2-4-9-17/h2-12H,13-15H2,1H3,(H,23,28). The first-order valence-corrected chi connectivity index (χ1v) is 9.56. The van der Waals surface area contributed by atoms with Gasteiger partial charge in [-0.1, -0.05) is 48.5 Å². The molecule has 2 aromatic heterocycles. The maximum atomic E-state index is 12.0. The second kappa shape index (κ2) is 9.04. The maximum absolute atomic E-state index is 12.0. The van der Waals surface area contributed by atoms with E-state index in [1.807, 2.05) is 61.5 Å². The molecule has 0 unspecified atom stereocenters. The normalized spacial score (nSPS) is 10.7. The Kier molecular flexibility index (Phi) is 5.84. The Balaban J connectivity index is 1.29. The Morgan fingerprint density at radius 1 is 0.967 bits per heavy atom. The first-order valence-electron chi connectivity index (χ1n) is 9.56. The molecule has 152 valence electrons. The highest BCUT2D eigenvalue weighted by Gasteiger charge is 2.10. The zero-order valence-corrected chi connectivity index (χ0v) is 16.5. The number of amides is 1. The number of ether oxygens (including phenoxy) is 2. The van der Waals surface area contributed by atoms with Gasteiger partial charge in [-0.05, 0) is 24.6 Å². The summed E-state index contributed by atoms with van der Waals surface area (Å²) in [6.07, 6.45) is 0. The number of nitrogens with one attached hydrogen (secondary N) is 1. The number of nitrogens with zero attached hydrogens (tertiary/aromatic N) is 4. The highest BCUT2D eigenvalue weighted by Crippen LogP contribution is 2.18. The third kappa shape index (κ3) is 4.54. The lowest BCUT2D eigenvalue weighted by Crippen LogP contribution is -2.32. The fraction of sp³-hybridized carbons (Fsp3) is 0.182. The van der Waals surface area contributed by atoms with Gasteiger partial charge in [-0.3, -0.25) is 4.79 Å². The van der Waals surface area contributed by atoms with E-state index in [1.165, 1.54) is 0 Å². The molecule has 0 saturated heterocycles. The van der Waals surface area contributed by atoms with Crippen LogP contribution in [0, 0.1) is 6.92 Å². The summed E-state index contributed by atoms with van der Waals surface area (Å²) in [6, 6.07) is 20.8. The van der Waals surface area contributed by atoms with Gasteiger partial charge in [0.05, 0.1) is 6.54 Å². The van der Waals surface area contributed by atoms with Gasteiger partial charge in [0.25, 0.3) is 5.91 Å². The van der Waals surface area contributed by atoms with E-state index in [0.717, 1.165) is 11.1 Å². The average Bonchev–Trinajstić information content (AvgIpc) is 3.20. The van der Waals surface area contributed by atoms with E-state index in [1.54, 1.807) is 16.6 Å². The topological polar surface area (TPSA) is 90.6 Å². The van der Waals surface area contributed by atoms with Crippen molar-refractivity contribution in [3.05, 3.63) is 72.3 Å². The monoisotopic (exact) mass is 403 g/mol. The van der Waals surface area contributed by atoms with Gasteiger partial charge in [-0.25, -0.2) is 0 Å². The molecule has 0 aliphatic heterocycles. The largest absolute Gasteiger partial charge is 0.484 e. The molecule has 0 radical (unpaired) electrons. The number of fused-ring (bicyclic) bond motifs is 1. The van der Waals surface area contributed by atoms with E-state index in [0.29, 0.717) is 29.6 Å². The van der Waals surface area contributed by atoms with Gasteiger partial charge in [0, 0.05) is 11.6 Å². The van der Waals surface area contributed by atoms with Crippen LogP contribution in [0.25, 0.3) is 17.0 Å². The Hall–Kier alpha value is -3.94. The smallest absolute Gasteiger partial charge is 0.258 e. The number of hydrogen-bond acceptors (Lipinski definition) is 6. The van der Waals surface area contributed by atoms with Crippen molar-refractivity contribution in [3.63, 3.8) is 0 Å². The summed E-state index contributed by atoms with van der Waals surface area (Å²) >= 11 is 0. The molecule has 4 rings (SSSR count). The van der Waals surface area contributed by atoms with Crippen molar-refractivity contribution in [3.8, 4) is 23.0 Å². The molecule has 8 nitrogen and oxygen atoms in total. The number of hydrogen-bond donors (Lipinski definition) is 1. The molecule has 0 aliphatic carbocycles. The molecule has 0 bridgehead atoms. The fourth-order valence-corrected chi connectivity index (χ4v) is 2.88. The minimum absolute atomic E-state index is 0.0454. The van der Waals surface area contributed by atoms with Gasteiger partial charge < -0.3 is 14.8 Å². The minimum Gasteiger partial charge on any atom is -0.484 e. The number of aromatic nitrogens is 4. The molecule has 0 fully saturated rings. The molecule has 30 heavy (non-hydrogen) atoms. The lowest BCUT2D eigenvalue weighted by Gasteiger charge is -2.10. The molecular formula is C22H21N5O3. The number of carbonyl (C=O) groups excluding carboxylic acids is 1. The van der Waals surface area contributed by atoms with Crippen LogP contribution in [0.1, 0.15) is 5.56 Å². The Bertz CT molecular complexity index is 1140. The van der Waals surface area contributed by atoms with Crippen LogP contribution in [0.2, 0.25) is 0 Å². The molecule has 0 saturated carbocycles. The summed E-state index contributed by atoms with van der Waals surface area (Å²) in [5.41, 5.74) is 2.53. The predicted octanol–water partition coefficient (Wildman–Crippen LogP) is 2.67. The zero-order chi connectivity index (χ0) is 20.8. The first kappa shape index (κ1) is 19.4. The first-order chi connectivity index (χ1) is 14.7. The molecule has 8 heteroatoms. The summed E-state index contributed by atoms with van der Waals surface area (Å²) in [4.78, 5) is 12.0. The number of carbonyl (C=O) groups is 1. The third-order valence-electron chi connectivity index (χ3n) is 4.40. The summed E-state index contributed by atoms with van der Waals surface area (Å²) < 4.78 is 12.8. The molecule has 1 N–H and O–H groups in total. The van der Waals surface area contributed by atoms with Crippen LogP contribution in [0.4, 0.5) is 0 Å². The van der Waals surface area contributed by atoms with E-state index >= 15 is 0 Å². The van der Waals surface area contributed by atoms with E-state index < -0.39 is 0 Å². The highest BCUT2D eigenvalue weighted by atomic mass is 16.5. The Labute approximate surface area is 173 Å². The van der Waals surface area contributed by atoms with Gasteiger partial charge in [-0.15, -0.1) is 15.3 Å². The van der Waals surface area contributed by atoms with Crippen LogP contribution < -0.4 is 14.8 Å². The van der Waals surface area contributed by atoms with Crippen LogP contribution in [0.3, 0.4) is 0 Å². The molecule has 0 aliphatic rings. The molecule has 1 amide bonds. The zero-order valence-electron chi connectivity index (χ0n) is 16.5. The highest BCUT2D eigenvalue weighted by molar-refractivity contribution is 5.77. The number of aryl methyl sites for hydroxylation is 1. The van der Waals surface area contributed by atoms with E-state index in [-0.39, 0.29) is 19.1 Å². The lowest BCUT2D eigenvalue weighted by molar-refractivity contribution is -0.123. The van der Waals surface area contributed by atoms with Crippen molar-refractivity contribution >= 4 is 11.6 Å². The Morgan fingerprint density at radius 3 is 2.60 bits per heavy atom. The number of rotatable bonds is 8. The van der Waals surface area contributed by atoms with E-state index in [9.17, 15) is 4.79 Å². The van der Waals surface area contributed by atoms with Crippen molar-refractivity contribution in [2.24, 2.45) is 0 Å². The van der Waals surface area contributed by atoms with Crippen molar-refractivity contribution < 1.29 is 14.3 Å². The van der Waals surface area contributed by atoms with Crippen molar-refractivity contribution in [2.75, 3.05) is 19.8 Å². The molecule has 4 aromatic rings. The molecular weight excluding hydrogens is 382 g/mol. The second-order valence-electron chi connectivity index (χ2n) is 6.58. The van der Waals surface area contributed by atoms with E-state index in [4.69, 9.17) is 9.47 Å². The predicted molar refractivity (Wildman–Crippen MR) is 111 cm³/mol. The van der Waals surface area contributed by atoms with Gasteiger partial charge in [0.1, 0.15) is 12.4 Å². The maximum Gasteiger partial charge on any atom is 0.258 e. The second-order valence-corrected chi connectivity index (χ2v) is 6.58. The lowest BCUT2D eigenvalue weighted by atomic mass is 10.2. The average molecular weight is 403 g/mol. The molecule has 2 aromatic carbocycles. The van der Waals surface area contributed by atoms with Crippen molar-refractivity contribution in [2.45, 2.75) is 6.92 Å². The summed E-state index contributed by atoms with van der Waals surface area (Å²) in [5.74, 6) is 1.54. The third-order valence-corrected chi connectivity index (χ3v) is 4.40. The Morgan fingerprint density at radius 2 is 1.77 bits per heavy atom. The van der Waals surface area contributed by atoms with Crippen LogP contribution in [0.5, 0.6) is 11.6 Å². The number of para-hydroxylation sites is 1. The van der Waals surface area contributed by atoms with E-state index in [2.05, 4.69) is 20.6 Å². The number of benzene rings is 2. The molecule has 2 heterocycles. The molecule has 0 spiro atoms. The van der Waals surface area contributed by atoms with Crippen molar-refractivity contribution in [1.29, 1.82) is 0 Å². The quantitative estimate of drug-likeness (QED) is 0.455. The van der Waals surface area contributed by atoms with Crippen LogP contribution >= 0.6 is 0 Å².